The summed E-state index contributed by atoms with van der Waals surface area (Å²) < 4.78 is 38.2. The van der Waals surface area contributed by atoms with E-state index in [9.17, 15) is 13.2 Å². The predicted molar refractivity (Wildman–Crippen MR) is 108 cm³/mol. The van der Waals surface area contributed by atoms with Gasteiger partial charge in [0, 0.05) is 38.7 Å². The van der Waals surface area contributed by atoms with Crippen molar-refractivity contribution in [2.45, 2.75) is 37.0 Å². The number of nitrogens with zero attached hydrogens (tertiary/aromatic N) is 2. The Kier molecular flexibility index (Phi) is 5.75. The number of ether oxygens (including phenoxy) is 2. The Morgan fingerprint density at radius 2 is 1.83 bits per heavy atom. The topological polar surface area (TPSA) is 76.2 Å². The molecule has 29 heavy (non-hydrogen) atoms. The summed E-state index contributed by atoms with van der Waals surface area (Å²) in [5.41, 5.74) is 0. The molecule has 2 bridgehead atoms. The molecule has 1 heterocycles. The molecular formula is C21H30N2O5S. The lowest BCUT2D eigenvalue weighted by atomic mass is 9.86. The van der Waals surface area contributed by atoms with Gasteiger partial charge in [0.25, 0.3) is 0 Å². The van der Waals surface area contributed by atoms with E-state index < -0.39 is 10.0 Å². The molecule has 1 saturated heterocycles. The van der Waals surface area contributed by atoms with Gasteiger partial charge in [-0.05, 0) is 49.1 Å². The van der Waals surface area contributed by atoms with E-state index in [1.807, 2.05) is 4.90 Å². The molecule has 7 nitrogen and oxygen atoms in total. The second kappa shape index (κ2) is 8.14. The van der Waals surface area contributed by atoms with Crippen molar-refractivity contribution in [2.75, 3.05) is 40.4 Å². The van der Waals surface area contributed by atoms with Crippen LogP contribution in [0.3, 0.4) is 0 Å². The molecule has 1 aromatic carbocycles. The van der Waals surface area contributed by atoms with Crippen LogP contribution in [0, 0.1) is 17.8 Å². The number of benzene rings is 1. The Morgan fingerprint density at radius 1 is 1.07 bits per heavy atom. The first-order valence-electron chi connectivity index (χ1n) is 10.4. The van der Waals surface area contributed by atoms with Gasteiger partial charge in [0.1, 0.15) is 16.4 Å². The Labute approximate surface area is 173 Å². The van der Waals surface area contributed by atoms with Crippen LogP contribution in [-0.4, -0.2) is 63.9 Å². The zero-order valence-corrected chi connectivity index (χ0v) is 18.0. The monoisotopic (exact) mass is 422 g/mol. The van der Waals surface area contributed by atoms with Crippen LogP contribution in [0.5, 0.6) is 11.5 Å². The van der Waals surface area contributed by atoms with Crippen LogP contribution in [0.15, 0.2) is 23.1 Å². The third kappa shape index (κ3) is 3.97. The van der Waals surface area contributed by atoms with Crippen LogP contribution in [0.2, 0.25) is 0 Å². The summed E-state index contributed by atoms with van der Waals surface area (Å²) in [6, 6.07) is 4.76. The van der Waals surface area contributed by atoms with Gasteiger partial charge in [-0.1, -0.05) is 6.42 Å². The van der Waals surface area contributed by atoms with Gasteiger partial charge < -0.3 is 14.4 Å². The lowest BCUT2D eigenvalue weighted by molar-refractivity contribution is -0.133. The molecular weight excluding hydrogens is 392 g/mol. The lowest BCUT2D eigenvalue weighted by Crippen LogP contribution is -2.50. The first-order valence-corrected chi connectivity index (χ1v) is 11.9. The van der Waals surface area contributed by atoms with Crippen molar-refractivity contribution < 1.29 is 22.7 Å². The summed E-state index contributed by atoms with van der Waals surface area (Å²) in [6.07, 6.45) is 5.72. The zero-order chi connectivity index (χ0) is 20.6. The van der Waals surface area contributed by atoms with Crippen molar-refractivity contribution in [1.29, 1.82) is 0 Å². The van der Waals surface area contributed by atoms with Crippen molar-refractivity contribution in [3.05, 3.63) is 18.2 Å². The van der Waals surface area contributed by atoms with Crippen LogP contribution >= 0.6 is 0 Å². The molecule has 3 aliphatic rings. The second-order valence-corrected chi connectivity index (χ2v) is 10.3. The largest absolute Gasteiger partial charge is 0.497 e. The fourth-order valence-corrected chi connectivity index (χ4v) is 6.88. The summed E-state index contributed by atoms with van der Waals surface area (Å²) in [5.74, 6) is 3.02. The lowest BCUT2D eigenvalue weighted by Gasteiger charge is -2.35. The minimum absolute atomic E-state index is 0.0982. The van der Waals surface area contributed by atoms with Crippen molar-refractivity contribution in [1.82, 2.24) is 9.21 Å². The van der Waals surface area contributed by atoms with Gasteiger partial charge in [-0.2, -0.15) is 4.31 Å². The van der Waals surface area contributed by atoms with Crippen LogP contribution in [0.4, 0.5) is 0 Å². The number of rotatable bonds is 6. The number of piperazine rings is 1. The number of amides is 1. The average Bonchev–Trinajstić information content (AvgIpc) is 3.36. The SMILES string of the molecule is COc1ccc(OC)c(S(=O)(=O)N2CCN(C(=O)C[C@H]3C[C@H]4CC[C@@H]3C4)CC2)c1. The molecule has 0 unspecified atom stereocenters. The minimum Gasteiger partial charge on any atom is -0.497 e. The zero-order valence-electron chi connectivity index (χ0n) is 17.2. The number of sulfonamides is 1. The highest BCUT2D eigenvalue weighted by Gasteiger charge is 2.41. The Balaban J connectivity index is 1.39. The first-order chi connectivity index (χ1) is 13.9. The maximum atomic E-state index is 13.2. The smallest absolute Gasteiger partial charge is 0.247 e. The van der Waals surface area contributed by atoms with E-state index in [-0.39, 0.29) is 10.8 Å². The number of carbonyl (C=O) groups excluding carboxylic acids is 1. The average molecular weight is 423 g/mol. The van der Waals surface area contributed by atoms with Crippen molar-refractivity contribution in [2.24, 2.45) is 17.8 Å². The van der Waals surface area contributed by atoms with E-state index in [0.717, 1.165) is 11.8 Å². The molecule has 3 atom stereocenters. The fraction of sp³-hybridized carbons (Fsp3) is 0.667. The summed E-state index contributed by atoms with van der Waals surface area (Å²) in [7, 11) is -0.775. The van der Waals surface area contributed by atoms with Gasteiger partial charge in [-0.3, -0.25) is 4.79 Å². The van der Waals surface area contributed by atoms with Crippen molar-refractivity contribution in [3.63, 3.8) is 0 Å². The number of fused-ring (bicyclic) bond motifs is 2. The number of methoxy groups -OCH3 is 2. The van der Waals surface area contributed by atoms with E-state index in [1.165, 1.54) is 50.3 Å². The number of hydrogen-bond acceptors (Lipinski definition) is 5. The van der Waals surface area contributed by atoms with Gasteiger partial charge in [0.2, 0.25) is 15.9 Å². The molecule has 1 aliphatic heterocycles. The summed E-state index contributed by atoms with van der Waals surface area (Å²) in [6.45, 7) is 1.46. The quantitative estimate of drug-likeness (QED) is 0.703. The van der Waals surface area contributed by atoms with E-state index in [1.54, 1.807) is 12.1 Å². The third-order valence-electron chi connectivity index (χ3n) is 6.90. The maximum Gasteiger partial charge on any atom is 0.247 e. The molecule has 4 rings (SSSR count). The molecule has 2 aliphatic carbocycles. The van der Waals surface area contributed by atoms with E-state index in [2.05, 4.69) is 0 Å². The molecule has 0 aromatic heterocycles. The van der Waals surface area contributed by atoms with E-state index in [4.69, 9.17) is 9.47 Å². The van der Waals surface area contributed by atoms with Crippen LogP contribution in [-0.2, 0) is 14.8 Å². The van der Waals surface area contributed by atoms with Gasteiger partial charge in [-0.25, -0.2) is 8.42 Å². The standard InChI is InChI=1S/C21H30N2O5S/c1-27-18-5-6-19(28-2)20(14-18)29(25,26)23-9-7-22(8-10-23)21(24)13-17-12-15-3-4-16(17)11-15/h5-6,14-17H,3-4,7-13H2,1-2H3/t15-,16+,17+/m0/s1. The fourth-order valence-electron chi connectivity index (χ4n) is 5.28. The van der Waals surface area contributed by atoms with Crippen molar-refractivity contribution in [3.8, 4) is 11.5 Å². The number of carbonyl (C=O) groups is 1. The highest BCUT2D eigenvalue weighted by molar-refractivity contribution is 7.89. The Bertz CT molecular complexity index is 864. The Morgan fingerprint density at radius 3 is 2.41 bits per heavy atom. The molecule has 160 valence electrons. The summed E-state index contributed by atoms with van der Waals surface area (Å²) in [5, 5.41) is 0. The molecule has 2 saturated carbocycles. The first kappa shape index (κ1) is 20.5. The maximum absolute atomic E-state index is 13.2. The highest BCUT2D eigenvalue weighted by atomic mass is 32.2. The molecule has 3 fully saturated rings. The van der Waals surface area contributed by atoms with Gasteiger partial charge in [-0.15, -0.1) is 0 Å². The number of hydrogen-bond donors (Lipinski definition) is 0. The van der Waals surface area contributed by atoms with E-state index in [0.29, 0.717) is 50.0 Å². The third-order valence-corrected chi connectivity index (χ3v) is 8.82. The Hall–Kier alpha value is -1.80. The predicted octanol–water partition coefficient (Wildman–Crippen LogP) is 2.36. The molecule has 0 N–H and O–H groups in total. The molecule has 1 amide bonds. The molecule has 8 heteroatoms. The summed E-state index contributed by atoms with van der Waals surface area (Å²) >= 11 is 0. The van der Waals surface area contributed by atoms with Crippen molar-refractivity contribution >= 4 is 15.9 Å². The van der Waals surface area contributed by atoms with Crippen LogP contribution in [0.25, 0.3) is 0 Å². The van der Waals surface area contributed by atoms with Crippen LogP contribution < -0.4 is 9.47 Å². The summed E-state index contributed by atoms with van der Waals surface area (Å²) in [4.78, 5) is 14.7. The molecule has 0 spiro atoms. The highest BCUT2D eigenvalue weighted by Crippen LogP contribution is 2.49. The molecule has 1 aromatic rings. The van der Waals surface area contributed by atoms with Gasteiger partial charge in [0.05, 0.1) is 14.2 Å². The van der Waals surface area contributed by atoms with Crippen LogP contribution in [0.1, 0.15) is 32.1 Å². The second-order valence-electron chi connectivity index (χ2n) is 8.44. The van der Waals surface area contributed by atoms with E-state index >= 15 is 0 Å². The van der Waals surface area contributed by atoms with Gasteiger partial charge >= 0.3 is 0 Å². The molecule has 0 radical (unpaired) electrons. The normalized spacial score (nSPS) is 27.2. The van der Waals surface area contributed by atoms with Gasteiger partial charge in [0.15, 0.2) is 0 Å². The minimum atomic E-state index is -3.73.